The molecule has 0 amide bonds. The van der Waals surface area contributed by atoms with E-state index in [-0.39, 0.29) is 17.5 Å². The van der Waals surface area contributed by atoms with Crippen molar-refractivity contribution >= 4 is 15.8 Å². The fourth-order valence-corrected chi connectivity index (χ4v) is 5.27. The summed E-state index contributed by atoms with van der Waals surface area (Å²) in [6.45, 7) is 6.03. The van der Waals surface area contributed by atoms with Gasteiger partial charge in [0.25, 0.3) is 0 Å². The van der Waals surface area contributed by atoms with E-state index >= 15 is 0 Å². The van der Waals surface area contributed by atoms with E-state index in [2.05, 4.69) is 15.5 Å². The van der Waals surface area contributed by atoms with Crippen LogP contribution in [0.5, 0.6) is 0 Å². The minimum absolute atomic E-state index is 0.0860. The molecular weight excluding hydrogens is 412 g/mol. The molecule has 1 aromatic carbocycles. The molecule has 1 atom stereocenters. The molecule has 2 N–H and O–H groups in total. The molecule has 1 aliphatic rings. The van der Waals surface area contributed by atoms with Crippen molar-refractivity contribution in [1.29, 1.82) is 0 Å². The summed E-state index contributed by atoms with van der Waals surface area (Å²) in [5.41, 5.74) is 0.830. The molecule has 1 saturated heterocycles. The maximum Gasteiger partial charge on any atom is 0.191 e. The number of sulfone groups is 1. The summed E-state index contributed by atoms with van der Waals surface area (Å²) >= 11 is 0. The van der Waals surface area contributed by atoms with Gasteiger partial charge in [-0.05, 0) is 57.0 Å². The lowest BCUT2D eigenvalue weighted by Gasteiger charge is -2.24. The lowest BCUT2D eigenvalue weighted by molar-refractivity contribution is 0.221. The highest BCUT2D eigenvalue weighted by atomic mass is 32.2. The first-order valence-electron chi connectivity index (χ1n) is 11.1. The summed E-state index contributed by atoms with van der Waals surface area (Å²) in [7, 11) is -3.13. The van der Waals surface area contributed by atoms with E-state index in [1.807, 2.05) is 49.4 Å². The number of furan rings is 1. The number of aliphatic imine (C=N–C) groups is 1. The van der Waals surface area contributed by atoms with Crippen LogP contribution in [-0.4, -0.2) is 57.8 Å². The third kappa shape index (κ3) is 7.70. The molecule has 0 bridgehead atoms. The Kier molecular flexibility index (Phi) is 8.97. The minimum atomic E-state index is -3.13. The van der Waals surface area contributed by atoms with Crippen molar-refractivity contribution in [2.45, 2.75) is 38.0 Å². The Balaban J connectivity index is 1.51. The number of guanidine groups is 1. The van der Waals surface area contributed by atoms with E-state index in [0.29, 0.717) is 25.5 Å². The van der Waals surface area contributed by atoms with Gasteiger partial charge in [-0.15, -0.1) is 0 Å². The van der Waals surface area contributed by atoms with Crippen LogP contribution < -0.4 is 10.6 Å². The van der Waals surface area contributed by atoms with Crippen LogP contribution in [0.25, 0.3) is 0 Å². The first-order chi connectivity index (χ1) is 15.1. The zero-order valence-corrected chi connectivity index (χ0v) is 19.1. The van der Waals surface area contributed by atoms with Crippen molar-refractivity contribution in [2.24, 2.45) is 4.99 Å². The van der Waals surface area contributed by atoms with Crippen molar-refractivity contribution in [3.05, 3.63) is 60.1 Å². The molecule has 1 fully saturated rings. The SMILES string of the molecule is CCNC(=NCC(c1ccco1)N1CCCC1)NCCCS(=O)(=O)Cc1ccccc1. The highest BCUT2D eigenvalue weighted by molar-refractivity contribution is 7.90. The van der Waals surface area contributed by atoms with Gasteiger partial charge in [-0.3, -0.25) is 9.89 Å². The van der Waals surface area contributed by atoms with Gasteiger partial charge in [0.15, 0.2) is 15.8 Å². The van der Waals surface area contributed by atoms with Crippen LogP contribution in [0.15, 0.2) is 58.1 Å². The zero-order chi connectivity index (χ0) is 21.9. The number of likely N-dealkylation sites (tertiary alicyclic amines) is 1. The van der Waals surface area contributed by atoms with Gasteiger partial charge in [0, 0.05) is 13.1 Å². The third-order valence-corrected chi connectivity index (χ3v) is 7.06. The second kappa shape index (κ2) is 11.9. The van der Waals surface area contributed by atoms with Crippen LogP contribution in [0, 0.1) is 0 Å². The number of hydrogen-bond acceptors (Lipinski definition) is 5. The predicted molar refractivity (Wildman–Crippen MR) is 125 cm³/mol. The summed E-state index contributed by atoms with van der Waals surface area (Å²) in [6.07, 6.45) is 4.65. The Labute approximate surface area is 185 Å². The molecule has 1 aromatic heterocycles. The van der Waals surface area contributed by atoms with Crippen molar-refractivity contribution in [3.63, 3.8) is 0 Å². The molecule has 0 radical (unpaired) electrons. The van der Waals surface area contributed by atoms with Crippen LogP contribution in [-0.2, 0) is 15.6 Å². The van der Waals surface area contributed by atoms with Crippen molar-refractivity contribution < 1.29 is 12.8 Å². The van der Waals surface area contributed by atoms with Gasteiger partial charge < -0.3 is 15.1 Å². The number of nitrogens with zero attached hydrogens (tertiary/aromatic N) is 2. The van der Waals surface area contributed by atoms with E-state index in [4.69, 9.17) is 9.41 Å². The van der Waals surface area contributed by atoms with Crippen LogP contribution in [0.4, 0.5) is 0 Å². The largest absolute Gasteiger partial charge is 0.468 e. The summed E-state index contributed by atoms with van der Waals surface area (Å²) in [4.78, 5) is 7.18. The van der Waals surface area contributed by atoms with Crippen LogP contribution in [0.3, 0.4) is 0 Å². The topological polar surface area (TPSA) is 86.9 Å². The maximum atomic E-state index is 12.4. The standard InChI is InChI=1S/C23H34N4O3S/c1-2-24-23(25-13-9-17-31(28,29)19-20-10-4-3-5-11-20)26-18-21(22-12-8-16-30-22)27-14-6-7-15-27/h3-5,8,10-12,16,21H,2,6-7,9,13-15,17-19H2,1H3,(H2,24,25,26). The Morgan fingerprint density at radius 2 is 1.90 bits per heavy atom. The number of benzene rings is 1. The molecule has 1 aliphatic heterocycles. The second-order valence-electron chi connectivity index (χ2n) is 7.85. The fraction of sp³-hybridized carbons (Fsp3) is 0.522. The Hall–Kier alpha value is -2.32. The Morgan fingerprint density at radius 3 is 2.58 bits per heavy atom. The molecule has 0 saturated carbocycles. The first kappa shape index (κ1) is 23.3. The number of rotatable bonds is 11. The lowest BCUT2D eigenvalue weighted by Crippen LogP contribution is -2.39. The van der Waals surface area contributed by atoms with Gasteiger partial charge in [-0.2, -0.15) is 0 Å². The molecule has 2 aromatic rings. The fourth-order valence-electron chi connectivity index (χ4n) is 3.84. The smallest absolute Gasteiger partial charge is 0.191 e. The molecule has 0 spiro atoms. The summed E-state index contributed by atoms with van der Waals surface area (Å²) in [6, 6.07) is 13.4. The van der Waals surface area contributed by atoms with Gasteiger partial charge in [-0.1, -0.05) is 30.3 Å². The molecule has 3 rings (SSSR count). The Morgan fingerprint density at radius 1 is 1.13 bits per heavy atom. The monoisotopic (exact) mass is 446 g/mol. The highest BCUT2D eigenvalue weighted by Crippen LogP contribution is 2.25. The summed E-state index contributed by atoms with van der Waals surface area (Å²) in [5.74, 6) is 1.88. The predicted octanol–water partition coefficient (Wildman–Crippen LogP) is 2.98. The van der Waals surface area contributed by atoms with E-state index in [9.17, 15) is 8.42 Å². The highest BCUT2D eigenvalue weighted by Gasteiger charge is 2.25. The first-order valence-corrected chi connectivity index (χ1v) is 12.9. The average molecular weight is 447 g/mol. The van der Waals surface area contributed by atoms with Gasteiger partial charge in [0.1, 0.15) is 5.76 Å². The zero-order valence-electron chi connectivity index (χ0n) is 18.3. The maximum absolute atomic E-state index is 12.4. The normalized spacial score (nSPS) is 16.4. The van der Waals surface area contributed by atoms with Crippen molar-refractivity contribution in [1.82, 2.24) is 15.5 Å². The molecule has 0 aliphatic carbocycles. The summed E-state index contributed by atoms with van der Waals surface area (Å²) in [5, 5.41) is 6.53. The van der Waals surface area contributed by atoms with E-state index in [0.717, 1.165) is 31.0 Å². The van der Waals surface area contributed by atoms with Crippen molar-refractivity contribution in [2.75, 3.05) is 38.5 Å². The summed E-state index contributed by atoms with van der Waals surface area (Å²) < 4.78 is 30.4. The molecule has 1 unspecified atom stereocenters. The van der Waals surface area contributed by atoms with E-state index in [1.165, 1.54) is 12.8 Å². The molecule has 8 heteroatoms. The molecule has 31 heavy (non-hydrogen) atoms. The van der Waals surface area contributed by atoms with Crippen LogP contribution >= 0.6 is 0 Å². The Bertz CT molecular complexity index is 892. The van der Waals surface area contributed by atoms with Crippen molar-refractivity contribution in [3.8, 4) is 0 Å². The minimum Gasteiger partial charge on any atom is -0.468 e. The van der Waals surface area contributed by atoms with Gasteiger partial charge in [0.05, 0.1) is 30.4 Å². The molecular formula is C23H34N4O3S. The van der Waals surface area contributed by atoms with Gasteiger partial charge in [-0.25, -0.2) is 8.42 Å². The van der Waals surface area contributed by atoms with E-state index < -0.39 is 9.84 Å². The van der Waals surface area contributed by atoms with E-state index in [1.54, 1.807) is 6.26 Å². The van der Waals surface area contributed by atoms with Crippen LogP contribution in [0.1, 0.15) is 43.6 Å². The third-order valence-electron chi connectivity index (χ3n) is 5.37. The lowest BCUT2D eigenvalue weighted by atomic mass is 10.2. The average Bonchev–Trinajstić information content (AvgIpc) is 3.46. The molecule has 2 heterocycles. The van der Waals surface area contributed by atoms with Gasteiger partial charge >= 0.3 is 0 Å². The second-order valence-corrected chi connectivity index (χ2v) is 10.0. The quantitative estimate of drug-likeness (QED) is 0.314. The number of nitrogens with one attached hydrogen (secondary N) is 2. The molecule has 170 valence electrons. The number of hydrogen-bond donors (Lipinski definition) is 2. The van der Waals surface area contributed by atoms with Gasteiger partial charge in [0.2, 0.25) is 0 Å². The molecule has 7 nitrogen and oxygen atoms in total. The van der Waals surface area contributed by atoms with Crippen LogP contribution in [0.2, 0.25) is 0 Å².